The van der Waals surface area contributed by atoms with Crippen molar-refractivity contribution >= 4 is 27.3 Å². The third kappa shape index (κ3) is 3.24. The normalized spacial score (nSPS) is 10.2. The fourth-order valence-corrected chi connectivity index (χ4v) is 2.17. The lowest BCUT2D eigenvalue weighted by Crippen LogP contribution is -2.06. The maximum Gasteiger partial charge on any atom is 0.0574 e. The lowest BCUT2D eigenvalue weighted by molar-refractivity contribution is 1.01. The quantitative estimate of drug-likeness (QED) is 0.843. The monoisotopic (exact) mass is 290 g/mol. The minimum Gasteiger partial charge on any atom is -0.397 e. The van der Waals surface area contributed by atoms with Crippen LogP contribution in [0.4, 0.5) is 11.4 Å². The van der Waals surface area contributed by atoms with Crippen LogP contribution in [0.5, 0.6) is 0 Å². The Hall–Kier alpha value is -1.48. The molecule has 0 radical (unpaired) electrons. The predicted molar refractivity (Wildman–Crippen MR) is 77.2 cm³/mol. The number of anilines is 2. The van der Waals surface area contributed by atoms with E-state index in [0.29, 0.717) is 0 Å². The van der Waals surface area contributed by atoms with E-state index in [0.717, 1.165) is 28.8 Å². The summed E-state index contributed by atoms with van der Waals surface area (Å²) in [7, 11) is 0. The Labute approximate surface area is 110 Å². The number of nitrogen functional groups attached to an aromatic ring is 1. The number of nitrogens with one attached hydrogen (secondary N) is 1. The van der Waals surface area contributed by atoms with Crippen LogP contribution in [0.1, 0.15) is 5.56 Å². The molecule has 0 saturated carbocycles. The van der Waals surface area contributed by atoms with Gasteiger partial charge in [-0.1, -0.05) is 46.3 Å². The van der Waals surface area contributed by atoms with Crippen LogP contribution in [0, 0.1) is 0 Å². The lowest BCUT2D eigenvalue weighted by Gasteiger charge is -2.09. The molecule has 0 aliphatic rings. The molecule has 0 spiro atoms. The average Bonchev–Trinajstić information content (AvgIpc) is 2.34. The zero-order valence-corrected chi connectivity index (χ0v) is 11.1. The Balaban J connectivity index is 1.93. The highest BCUT2D eigenvalue weighted by Gasteiger charge is 1.99. The van der Waals surface area contributed by atoms with Gasteiger partial charge in [0, 0.05) is 11.0 Å². The van der Waals surface area contributed by atoms with Gasteiger partial charge >= 0.3 is 0 Å². The zero-order chi connectivity index (χ0) is 12.1. The summed E-state index contributed by atoms with van der Waals surface area (Å²) in [4.78, 5) is 0. The number of hydrogen-bond acceptors (Lipinski definition) is 2. The Morgan fingerprint density at radius 2 is 1.71 bits per heavy atom. The summed E-state index contributed by atoms with van der Waals surface area (Å²) in [5.41, 5.74) is 8.95. The fraction of sp³-hybridized carbons (Fsp3) is 0.143. The van der Waals surface area contributed by atoms with E-state index >= 15 is 0 Å². The fourth-order valence-electron chi connectivity index (χ4n) is 1.69. The van der Waals surface area contributed by atoms with Crippen LogP contribution >= 0.6 is 15.9 Å². The van der Waals surface area contributed by atoms with Crippen LogP contribution in [-0.2, 0) is 6.42 Å². The molecule has 0 heterocycles. The first-order chi connectivity index (χ1) is 8.27. The predicted octanol–water partition coefficient (Wildman–Crippen LogP) is 3.69. The van der Waals surface area contributed by atoms with Crippen molar-refractivity contribution in [2.75, 3.05) is 17.6 Å². The largest absolute Gasteiger partial charge is 0.397 e. The molecule has 0 bridgehead atoms. The van der Waals surface area contributed by atoms with E-state index in [-0.39, 0.29) is 0 Å². The van der Waals surface area contributed by atoms with Gasteiger partial charge in [-0.2, -0.15) is 0 Å². The van der Waals surface area contributed by atoms with Crippen LogP contribution < -0.4 is 11.1 Å². The molecule has 0 aromatic heterocycles. The molecule has 2 rings (SSSR count). The third-order valence-electron chi connectivity index (χ3n) is 2.63. The Morgan fingerprint density at radius 1 is 1.00 bits per heavy atom. The molecule has 0 fully saturated rings. The van der Waals surface area contributed by atoms with Gasteiger partial charge in [0.05, 0.1) is 11.4 Å². The molecule has 0 aliphatic heterocycles. The van der Waals surface area contributed by atoms with E-state index in [1.807, 2.05) is 30.3 Å². The molecule has 2 aromatic rings. The van der Waals surface area contributed by atoms with E-state index < -0.39 is 0 Å². The van der Waals surface area contributed by atoms with E-state index in [9.17, 15) is 0 Å². The van der Waals surface area contributed by atoms with E-state index in [4.69, 9.17) is 5.73 Å². The van der Waals surface area contributed by atoms with Crippen LogP contribution in [-0.4, -0.2) is 6.54 Å². The molecule has 0 unspecified atom stereocenters. The lowest BCUT2D eigenvalue weighted by atomic mass is 10.1. The first-order valence-corrected chi connectivity index (χ1v) is 6.38. The van der Waals surface area contributed by atoms with Gasteiger partial charge in [0.25, 0.3) is 0 Å². The van der Waals surface area contributed by atoms with Crippen LogP contribution in [0.3, 0.4) is 0 Å². The van der Waals surface area contributed by atoms with Crippen molar-refractivity contribution in [1.29, 1.82) is 0 Å². The van der Waals surface area contributed by atoms with Gasteiger partial charge < -0.3 is 11.1 Å². The molecule has 2 aromatic carbocycles. The standard InChI is InChI=1S/C14H15BrN2/c15-12-6-2-1-5-11(12)9-10-17-14-8-4-3-7-13(14)16/h1-8,17H,9-10,16H2. The third-order valence-corrected chi connectivity index (χ3v) is 3.40. The van der Waals surface area contributed by atoms with Crippen molar-refractivity contribution in [2.45, 2.75) is 6.42 Å². The molecule has 0 aliphatic carbocycles. The summed E-state index contributed by atoms with van der Waals surface area (Å²) in [6.45, 7) is 0.872. The summed E-state index contributed by atoms with van der Waals surface area (Å²) in [5, 5.41) is 3.34. The van der Waals surface area contributed by atoms with Crippen LogP contribution in [0.2, 0.25) is 0 Å². The second-order valence-electron chi connectivity index (χ2n) is 3.86. The molecule has 2 nitrogen and oxygen atoms in total. The van der Waals surface area contributed by atoms with Gasteiger partial charge in [-0.15, -0.1) is 0 Å². The summed E-state index contributed by atoms with van der Waals surface area (Å²) in [6.07, 6.45) is 0.968. The summed E-state index contributed by atoms with van der Waals surface area (Å²) < 4.78 is 1.16. The van der Waals surface area contributed by atoms with Crippen molar-refractivity contribution in [1.82, 2.24) is 0 Å². The van der Waals surface area contributed by atoms with Gasteiger partial charge in [-0.3, -0.25) is 0 Å². The van der Waals surface area contributed by atoms with E-state index in [1.54, 1.807) is 0 Å². The molecule has 3 heteroatoms. The molecular formula is C14H15BrN2. The smallest absolute Gasteiger partial charge is 0.0574 e. The number of nitrogens with two attached hydrogens (primary N) is 1. The summed E-state index contributed by atoms with van der Waals surface area (Å²) in [5.74, 6) is 0. The highest BCUT2D eigenvalue weighted by molar-refractivity contribution is 9.10. The summed E-state index contributed by atoms with van der Waals surface area (Å²) in [6, 6.07) is 16.1. The SMILES string of the molecule is Nc1ccccc1NCCc1ccccc1Br. The van der Waals surface area contributed by atoms with Gasteiger partial charge in [0.2, 0.25) is 0 Å². The number of rotatable bonds is 4. The maximum atomic E-state index is 5.86. The van der Waals surface area contributed by atoms with E-state index in [1.165, 1.54) is 5.56 Å². The minimum atomic E-state index is 0.791. The molecule has 88 valence electrons. The first-order valence-electron chi connectivity index (χ1n) is 5.59. The maximum absolute atomic E-state index is 5.86. The molecule has 0 saturated heterocycles. The highest BCUT2D eigenvalue weighted by atomic mass is 79.9. The Bertz CT molecular complexity index is 452. The van der Waals surface area contributed by atoms with Crippen molar-refractivity contribution in [3.63, 3.8) is 0 Å². The second kappa shape index (κ2) is 5.73. The van der Waals surface area contributed by atoms with Gasteiger partial charge in [-0.05, 0) is 30.2 Å². The van der Waals surface area contributed by atoms with E-state index in [2.05, 4.69) is 39.4 Å². The van der Waals surface area contributed by atoms with Gasteiger partial charge in [0.1, 0.15) is 0 Å². The van der Waals surface area contributed by atoms with Crippen LogP contribution in [0.15, 0.2) is 53.0 Å². The Morgan fingerprint density at radius 3 is 2.47 bits per heavy atom. The van der Waals surface area contributed by atoms with Crippen molar-refractivity contribution in [3.05, 3.63) is 58.6 Å². The summed E-state index contributed by atoms with van der Waals surface area (Å²) >= 11 is 3.54. The number of benzene rings is 2. The van der Waals surface area contributed by atoms with Crippen LogP contribution in [0.25, 0.3) is 0 Å². The number of halogens is 1. The number of hydrogen-bond donors (Lipinski definition) is 2. The van der Waals surface area contributed by atoms with Crippen molar-refractivity contribution < 1.29 is 0 Å². The average molecular weight is 291 g/mol. The molecule has 0 atom stereocenters. The van der Waals surface area contributed by atoms with Gasteiger partial charge in [0.15, 0.2) is 0 Å². The van der Waals surface area contributed by atoms with Crippen molar-refractivity contribution in [3.8, 4) is 0 Å². The molecule has 3 N–H and O–H groups in total. The van der Waals surface area contributed by atoms with Crippen molar-refractivity contribution in [2.24, 2.45) is 0 Å². The molecular weight excluding hydrogens is 276 g/mol. The van der Waals surface area contributed by atoms with Gasteiger partial charge in [-0.25, -0.2) is 0 Å². The number of para-hydroxylation sites is 2. The topological polar surface area (TPSA) is 38.0 Å². The molecule has 17 heavy (non-hydrogen) atoms. The Kier molecular flexibility index (Phi) is 4.04. The minimum absolute atomic E-state index is 0.791. The second-order valence-corrected chi connectivity index (χ2v) is 4.71. The highest BCUT2D eigenvalue weighted by Crippen LogP contribution is 2.19. The molecule has 0 amide bonds. The first kappa shape index (κ1) is 12.0. The zero-order valence-electron chi connectivity index (χ0n) is 9.49.